The molecule has 0 heterocycles. The highest BCUT2D eigenvalue weighted by atomic mass is 19.1. The monoisotopic (exact) mass is 225 g/mol. The van der Waals surface area contributed by atoms with E-state index in [9.17, 15) is 14.0 Å². The van der Waals surface area contributed by atoms with E-state index in [1.807, 2.05) is 0 Å². The van der Waals surface area contributed by atoms with E-state index in [2.05, 4.69) is 5.32 Å². The number of aryl methyl sites for hydroxylation is 1. The zero-order valence-electron chi connectivity index (χ0n) is 8.79. The molecule has 0 aliphatic carbocycles. The van der Waals surface area contributed by atoms with Gasteiger partial charge < -0.3 is 10.4 Å². The molecule has 0 saturated carbocycles. The van der Waals surface area contributed by atoms with Crippen molar-refractivity contribution >= 4 is 11.9 Å². The van der Waals surface area contributed by atoms with E-state index in [1.54, 1.807) is 6.92 Å². The second kappa shape index (κ2) is 5.25. The fourth-order valence-corrected chi connectivity index (χ4v) is 1.17. The molecule has 0 unspecified atom stereocenters. The Hall–Kier alpha value is -1.91. The number of benzene rings is 1. The molecule has 86 valence electrons. The average molecular weight is 225 g/mol. The van der Waals surface area contributed by atoms with Crippen molar-refractivity contribution in [1.82, 2.24) is 5.32 Å². The van der Waals surface area contributed by atoms with Crippen molar-refractivity contribution < 1.29 is 19.1 Å². The lowest BCUT2D eigenvalue weighted by atomic mass is 10.1. The molecule has 1 rings (SSSR count). The van der Waals surface area contributed by atoms with Crippen LogP contribution in [0.15, 0.2) is 18.2 Å². The van der Waals surface area contributed by atoms with E-state index < -0.39 is 11.9 Å². The molecule has 1 aromatic rings. The van der Waals surface area contributed by atoms with Crippen LogP contribution in [0.1, 0.15) is 22.3 Å². The standard InChI is InChI=1S/C11H12FNO3/c1-7-6-8(2-3-9(7)12)11(16)13-5-4-10(14)15/h2-3,6H,4-5H2,1H3,(H,13,16)(H,14,15). The van der Waals surface area contributed by atoms with E-state index >= 15 is 0 Å². The molecule has 0 atom stereocenters. The molecule has 16 heavy (non-hydrogen) atoms. The first-order chi connectivity index (χ1) is 7.50. The molecule has 0 radical (unpaired) electrons. The summed E-state index contributed by atoms with van der Waals surface area (Å²) in [7, 11) is 0. The summed E-state index contributed by atoms with van der Waals surface area (Å²) in [5, 5.41) is 10.8. The number of rotatable bonds is 4. The van der Waals surface area contributed by atoms with Gasteiger partial charge in [0.1, 0.15) is 5.82 Å². The third-order valence-corrected chi connectivity index (χ3v) is 2.04. The van der Waals surface area contributed by atoms with Crippen LogP contribution in [0.2, 0.25) is 0 Å². The van der Waals surface area contributed by atoms with Gasteiger partial charge in [-0.15, -0.1) is 0 Å². The molecule has 0 aromatic heterocycles. The molecular formula is C11H12FNO3. The molecule has 0 spiro atoms. The first-order valence-corrected chi connectivity index (χ1v) is 4.77. The number of aliphatic carboxylic acids is 1. The van der Waals surface area contributed by atoms with Crippen molar-refractivity contribution in [2.24, 2.45) is 0 Å². The highest BCUT2D eigenvalue weighted by Gasteiger charge is 2.07. The maximum Gasteiger partial charge on any atom is 0.305 e. The number of halogens is 1. The van der Waals surface area contributed by atoms with E-state index in [0.717, 1.165) is 0 Å². The van der Waals surface area contributed by atoms with Gasteiger partial charge in [0.05, 0.1) is 6.42 Å². The quantitative estimate of drug-likeness (QED) is 0.812. The summed E-state index contributed by atoms with van der Waals surface area (Å²) in [6.45, 7) is 1.62. The summed E-state index contributed by atoms with van der Waals surface area (Å²) in [6.07, 6.45) is -0.133. The van der Waals surface area contributed by atoms with E-state index in [4.69, 9.17) is 5.11 Å². The highest BCUT2D eigenvalue weighted by Crippen LogP contribution is 2.08. The number of carboxylic acid groups (broad SMARTS) is 1. The predicted molar refractivity (Wildman–Crippen MR) is 55.7 cm³/mol. The third-order valence-electron chi connectivity index (χ3n) is 2.04. The van der Waals surface area contributed by atoms with Gasteiger partial charge in [0.25, 0.3) is 5.91 Å². The Labute approximate surface area is 92.1 Å². The van der Waals surface area contributed by atoms with Gasteiger partial charge in [-0.05, 0) is 30.7 Å². The van der Waals surface area contributed by atoms with Crippen molar-refractivity contribution in [2.75, 3.05) is 6.54 Å². The zero-order valence-corrected chi connectivity index (χ0v) is 8.79. The number of hydrogen-bond acceptors (Lipinski definition) is 2. The lowest BCUT2D eigenvalue weighted by Crippen LogP contribution is -2.26. The minimum absolute atomic E-state index is 0.0601. The molecule has 5 heteroatoms. The van der Waals surface area contributed by atoms with Gasteiger partial charge >= 0.3 is 5.97 Å². The van der Waals surface area contributed by atoms with Gasteiger partial charge in [0.15, 0.2) is 0 Å². The maximum absolute atomic E-state index is 12.9. The van der Waals surface area contributed by atoms with Crippen LogP contribution in [0.25, 0.3) is 0 Å². The molecule has 0 fully saturated rings. The first kappa shape index (κ1) is 12.2. The smallest absolute Gasteiger partial charge is 0.305 e. The van der Waals surface area contributed by atoms with Crippen LogP contribution in [0.4, 0.5) is 4.39 Å². The Morgan fingerprint density at radius 3 is 2.69 bits per heavy atom. The third kappa shape index (κ3) is 3.34. The van der Waals surface area contributed by atoms with Gasteiger partial charge in [0, 0.05) is 12.1 Å². The Kier molecular flexibility index (Phi) is 3.99. The summed E-state index contributed by atoms with van der Waals surface area (Å²) in [5.74, 6) is -1.75. The molecule has 0 saturated heterocycles. The molecule has 0 aliphatic heterocycles. The van der Waals surface area contributed by atoms with Crippen LogP contribution in [-0.2, 0) is 4.79 Å². The molecular weight excluding hydrogens is 213 g/mol. The number of carbonyl (C=O) groups is 2. The topological polar surface area (TPSA) is 66.4 Å². The minimum atomic E-state index is -0.976. The van der Waals surface area contributed by atoms with Crippen LogP contribution in [0.3, 0.4) is 0 Å². The Balaban J connectivity index is 2.59. The lowest BCUT2D eigenvalue weighted by Gasteiger charge is -2.04. The van der Waals surface area contributed by atoms with E-state index in [-0.39, 0.29) is 18.8 Å². The highest BCUT2D eigenvalue weighted by molar-refractivity contribution is 5.94. The molecule has 4 nitrogen and oxygen atoms in total. The maximum atomic E-state index is 12.9. The van der Waals surface area contributed by atoms with Crippen molar-refractivity contribution in [3.8, 4) is 0 Å². The number of carbonyl (C=O) groups excluding carboxylic acids is 1. The van der Waals surface area contributed by atoms with Crippen LogP contribution >= 0.6 is 0 Å². The normalized spacial score (nSPS) is 9.88. The van der Waals surface area contributed by atoms with Crippen molar-refractivity contribution in [3.63, 3.8) is 0 Å². The Morgan fingerprint density at radius 1 is 1.44 bits per heavy atom. The van der Waals surface area contributed by atoms with Gasteiger partial charge in [-0.2, -0.15) is 0 Å². The zero-order chi connectivity index (χ0) is 12.1. The van der Waals surface area contributed by atoms with Crippen molar-refractivity contribution in [1.29, 1.82) is 0 Å². The largest absolute Gasteiger partial charge is 0.481 e. The van der Waals surface area contributed by atoms with E-state index in [1.165, 1.54) is 18.2 Å². The summed E-state index contributed by atoms with van der Waals surface area (Å²) < 4.78 is 12.9. The van der Waals surface area contributed by atoms with Crippen LogP contribution in [0.5, 0.6) is 0 Å². The molecule has 0 aliphatic rings. The summed E-state index contributed by atoms with van der Waals surface area (Å²) >= 11 is 0. The van der Waals surface area contributed by atoms with Crippen LogP contribution in [0, 0.1) is 12.7 Å². The molecule has 1 amide bonds. The van der Waals surface area contributed by atoms with Crippen molar-refractivity contribution in [3.05, 3.63) is 35.1 Å². The minimum Gasteiger partial charge on any atom is -0.481 e. The summed E-state index contributed by atoms with van der Waals surface area (Å²) in [6, 6.07) is 3.99. The van der Waals surface area contributed by atoms with Gasteiger partial charge in [0.2, 0.25) is 0 Å². The summed E-state index contributed by atoms with van der Waals surface area (Å²) in [5.41, 5.74) is 0.704. The number of hydrogen-bond donors (Lipinski definition) is 2. The number of amides is 1. The molecule has 0 bridgehead atoms. The molecule has 2 N–H and O–H groups in total. The van der Waals surface area contributed by atoms with Gasteiger partial charge in [-0.25, -0.2) is 4.39 Å². The number of nitrogens with one attached hydrogen (secondary N) is 1. The molecule has 1 aromatic carbocycles. The Morgan fingerprint density at radius 2 is 2.12 bits per heavy atom. The number of carboxylic acids is 1. The fraction of sp³-hybridized carbons (Fsp3) is 0.273. The van der Waals surface area contributed by atoms with Gasteiger partial charge in [-0.1, -0.05) is 0 Å². The fourth-order valence-electron chi connectivity index (χ4n) is 1.17. The second-order valence-corrected chi connectivity index (χ2v) is 3.36. The lowest BCUT2D eigenvalue weighted by molar-refractivity contribution is -0.136. The summed E-state index contributed by atoms with van der Waals surface area (Å²) in [4.78, 5) is 21.7. The Bertz CT molecular complexity index is 418. The second-order valence-electron chi connectivity index (χ2n) is 3.36. The first-order valence-electron chi connectivity index (χ1n) is 4.77. The predicted octanol–water partition coefficient (Wildman–Crippen LogP) is 1.34. The van der Waals surface area contributed by atoms with Gasteiger partial charge in [-0.3, -0.25) is 9.59 Å². The SMILES string of the molecule is Cc1cc(C(=O)NCCC(=O)O)ccc1F. The van der Waals surface area contributed by atoms with E-state index in [0.29, 0.717) is 11.1 Å². The van der Waals surface area contributed by atoms with Crippen molar-refractivity contribution in [2.45, 2.75) is 13.3 Å². The van der Waals surface area contributed by atoms with Crippen LogP contribution < -0.4 is 5.32 Å². The van der Waals surface area contributed by atoms with Crippen LogP contribution in [-0.4, -0.2) is 23.5 Å². The average Bonchev–Trinajstić information content (AvgIpc) is 2.21.